The number of aromatic nitrogens is 1. The van der Waals surface area contributed by atoms with Crippen molar-refractivity contribution in [2.75, 3.05) is 0 Å². The molecule has 0 aliphatic carbocycles. The summed E-state index contributed by atoms with van der Waals surface area (Å²) >= 11 is 5.80. The second-order valence-electron chi connectivity index (χ2n) is 3.32. The highest BCUT2D eigenvalue weighted by molar-refractivity contribution is 6.35. The van der Waals surface area contributed by atoms with Gasteiger partial charge in [-0.3, -0.25) is 4.79 Å². The summed E-state index contributed by atoms with van der Waals surface area (Å²) in [5.74, 6) is -0.448. The summed E-state index contributed by atoms with van der Waals surface area (Å²) in [6.07, 6.45) is 0.694. The van der Waals surface area contributed by atoms with Crippen LogP contribution in [0.4, 0.5) is 4.39 Å². The lowest BCUT2D eigenvalue weighted by Crippen LogP contribution is -2.05. The molecule has 0 aliphatic heterocycles. The molecule has 0 radical (unpaired) electrons. The van der Waals surface area contributed by atoms with Crippen molar-refractivity contribution in [2.24, 2.45) is 0 Å². The van der Waals surface area contributed by atoms with Gasteiger partial charge in [0.05, 0.1) is 15.9 Å². The molecule has 0 saturated heterocycles. The fraction of sp³-hybridized carbons (Fsp3) is 0.182. The van der Waals surface area contributed by atoms with Crippen LogP contribution in [0.2, 0.25) is 5.02 Å². The molecule has 0 bridgehead atoms. The molecule has 1 N–H and O–H groups in total. The second-order valence-corrected chi connectivity index (χ2v) is 3.73. The summed E-state index contributed by atoms with van der Waals surface area (Å²) in [5.41, 5.74) is 1.05. The van der Waals surface area contributed by atoms with Gasteiger partial charge >= 0.3 is 0 Å². The van der Waals surface area contributed by atoms with Crippen LogP contribution in [0.25, 0.3) is 10.9 Å². The van der Waals surface area contributed by atoms with Crippen LogP contribution in [0.3, 0.4) is 0 Å². The van der Waals surface area contributed by atoms with Crippen LogP contribution in [0, 0.1) is 5.82 Å². The third-order valence-corrected chi connectivity index (χ3v) is 2.58. The average Bonchev–Trinajstić information content (AvgIpc) is 2.15. The number of hydrogen-bond acceptors (Lipinski definition) is 1. The molecule has 0 unspecified atom stereocenters. The van der Waals surface area contributed by atoms with Crippen LogP contribution in [0.15, 0.2) is 23.0 Å². The fourth-order valence-corrected chi connectivity index (χ4v) is 1.85. The van der Waals surface area contributed by atoms with E-state index < -0.39 is 5.82 Å². The molecule has 2 nitrogen and oxygen atoms in total. The van der Waals surface area contributed by atoms with E-state index in [2.05, 4.69) is 4.98 Å². The average molecular weight is 226 g/mol. The molecule has 15 heavy (non-hydrogen) atoms. The molecule has 0 fully saturated rings. The number of H-pyrrole nitrogens is 1. The molecule has 4 heteroatoms. The number of halogens is 2. The Morgan fingerprint density at radius 3 is 2.80 bits per heavy atom. The SMILES string of the molecule is CCc1cc(=O)c2c(Cl)cc(F)cc2[nH]1. The maximum atomic E-state index is 13.1. The predicted molar refractivity (Wildman–Crippen MR) is 58.9 cm³/mol. The van der Waals surface area contributed by atoms with E-state index in [9.17, 15) is 9.18 Å². The number of fused-ring (bicyclic) bond motifs is 1. The molecule has 78 valence electrons. The quantitative estimate of drug-likeness (QED) is 0.795. The van der Waals surface area contributed by atoms with Gasteiger partial charge in [0.2, 0.25) is 0 Å². The van der Waals surface area contributed by atoms with Crippen molar-refractivity contribution >= 4 is 22.5 Å². The minimum atomic E-state index is -0.448. The van der Waals surface area contributed by atoms with E-state index in [0.717, 1.165) is 11.8 Å². The number of rotatable bonds is 1. The Labute approximate surface area is 90.7 Å². The zero-order valence-electron chi connectivity index (χ0n) is 8.10. The summed E-state index contributed by atoms with van der Waals surface area (Å²) in [4.78, 5) is 14.6. The Bertz CT molecular complexity index is 577. The molecule has 0 amide bonds. The zero-order chi connectivity index (χ0) is 11.0. The lowest BCUT2D eigenvalue weighted by molar-refractivity contribution is 0.629. The Morgan fingerprint density at radius 2 is 2.13 bits per heavy atom. The van der Waals surface area contributed by atoms with Crippen molar-refractivity contribution in [2.45, 2.75) is 13.3 Å². The van der Waals surface area contributed by atoms with E-state index in [4.69, 9.17) is 11.6 Å². The van der Waals surface area contributed by atoms with E-state index in [1.165, 1.54) is 12.1 Å². The Balaban J connectivity index is 2.91. The first-order valence-electron chi connectivity index (χ1n) is 4.62. The zero-order valence-corrected chi connectivity index (χ0v) is 8.86. The highest BCUT2D eigenvalue weighted by Gasteiger charge is 2.07. The van der Waals surface area contributed by atoms with Gasteiger partial charge in [0.25, 0.3) is 0 Å². The van der Waals surface area contributed by atoms with Crippen LogP contribution in [-0.4, -0.2) is 4.98 Å². The highest BCUT2D eigenvalue weighted by atomic mass is 35.5. The molecule has 1 aromatic heterocycles. The number of hydrogen-bond donors (Lipinski definition) is 1. The fourth-order valence-electron chi connectivity index (χ4n) is 1.55. The maximum absolute atomic E-state index is 13.1. The minimum absolute atomic E-state index is 0.147. The van der Waals surface area contributed by atoms with Crippen LogP contribution >= 0.6 is 11.6 Å². The first-order valence-corrected chi connectivity index (χ1v) is 5.00. The molecule has 0 spiro atoms. The van der Waals surface area contributed by atoms with E-state index in [1.807, 2.05) is 6.92 Å². The second kappa shape index (κ2) is 3.66. The third kappa shape index (κ3) is 1.75. The van der Waals surface area contributed by atoms with Gasteiger partial charge < -0.3 is 4.98 Å². The summed E-state index contributed by atoms with van der Waals surface area (Å²) in [6, 6.07) is 3.92. The number of pyridine rings is 1. The number of benzene rings is 1. The van der Waals surface area contributed by atoms with Gasteiger partial charge in [-0.1, -0.05) is 18.5 Å². The molecule has 2 rings (SSSR count). The Morgan fingerprint density at radius 1 is 1.40 bits per heavy atom. The smallest absolute Gasteiger partial charge is 0.191 e. The molecule has 2 aromatic rings. The molecule has 0 atom stereocenters. The highest BCUT2D eigenvalue weighted by Crippen LogP contribution is 2.20. The Kier molecular flexibility index (Phi) is 2.49. The summed E-state index contributed by atoms with van der Waals surface area (Å²) in [5, 5.41) is 0.490. The van der Waals surface area contributed by atoms with Crippen molar-refractivity contribution in [3.63, 3.8) is 0 Å². The van der Waals surface area contributed by atoms with Crippen LogP contribution in [0.5, 0.6) is 0 Å². The van der Waals surface area contributed by atoms with Crippen molar-refractivity contribution in [1.82, 2.24) is 4.98 Å². The number of nitrogens with one attached hydrogen (secondary N) is 1. The summed E-state index contributed by atoms with van der Waals surface area (Å²) < 4.78 is 13.1. The number of aryl methyl sites for hydroxylation is 1. The van der Waals surface area contributed by atoms with Crippen molar-refractivity contribution < 1.29 is 4.39 Å². The molecule has 0 saturated carbocycles. The predicted octanol–water partition coefficient (Wildman–Crippen LogP) is 2.88. The van der Waals surface area contributed by atoms with Crippen molar-refractivity contribution in [1.29, 1.82) is 0 Å². The van der Waals surface area contributed by atoms with Crippen molar-refractivity contribution in [3.05, 3.63) is 45.0 Å². The van der Waals surface area contributed by atoms with Gasteiger partial charge in [-0.2, -0.15) is 0 Å². The first-order chi connectivity index (χ1) is 7.11. The Hall–Kier alpha value is -1.35. The van der Waals surface area contributed by atoms with E-state index in [-0.39, 0.29) is 10.5 Å². The van der Waals surface area contributed by atoms with Gasteiger partial charge in [0, 0.05) is 11.8 Å². The van der Waals surface area contributed by atoms with Crippen molar-refractivity contribution in [3.8, 4) is 0 Å². The summed E-state index contributed by atoms with van der Waals surface area (Å²) in [7, 11) is 0. The molecular formula is C11H9ClFNO. The third-order valence-electron chi connectivity index (χ3n) is 2.28. The van der Waals surface area contributed by atoms with E-state index in [1.54, 1.807) is 0 Å². The summed E-state index contributed by atoms with van der Waals surface area (Å²) in [6.45, 7) is 1.91. The van der Waals surface area contributed by atoms with E-state index >= 15 is 0 Å². The van der Waals surface area contributed by atoms with Gasteiger partial charge in [-0.15, -0.1) is 0 Å². The topological polar surface area (TPSA) is 32.9 Å². The van der Waals surface area contributed by atoms with E-state index in [0.29, 0.717) is 17.3 Å². The van der Waals surface area contributed by atoms with Gasteiger partial charge in [0.15, 0.2) is 5.43 Å². The molecule has 0 aliphatic rings. The minimum Gasteiger partial charge on any atom is -0.358 e. The van der Waals surface area contributed by atoms with Crippen LogP contribution in [-0.2, 0) is 6.42 Å². The monoisotopic (exact) mass is 225 g/mol. The van der Waals surface area contributed by atoms with Gasteiger partial charge in [-0.05, 0) is 18.6 Å². The number of aromatic amines is 1. The lowest BCUT2D eigenvalue weighted by Gasteiger charge is -2.03. The van der Waals surface area contributed by atoms with Crippen LogP contribution < -0.4 is 5.43 Å². The standard InChI is InChI=1S/C11H9ClFNO/c1-2-7-5-10(15)11-8(12)3-6(13)4-9(11)14-7/h3-5H,2H2,1H3,(H,14,15). The molecule has 1 heterocycles. The molecule has 1 aromatic carbocycles. The molecular weight excluding hydrogens is 217 g/mol. The van der Waals surface area contributed by atoms with Gasteiger partial charge in [0.1, 0.15) is 5.82 Å². The maximum Gasteiger partial charge on any atom is 0.191 e. The largest absolute Gasteiger partial charge is 0.358 e. The van der Waals surface area contributed by atoms with Crippen LogP contribution in [0.1, 0.15) is 12.6 Å². The normalized spacial score (nSPS) is 10.9. The first kappa shape index (κ1) is 10.2. The lowest BCUT2D eigenvalue weighted by atomic mass is 10.1. The van der Waals surface area contributed by atoms with Gasteiger partial charge in [-0.25, -0.2) is 4.39 Å².